The lowest BCUT2D eigenvalue weighted by Gasteiger charge is -2.32. The van der Waals surface area contributed by atoms with Gasteiger partial charge < -0.3 is 14.4 Å². The Morgan fingerprint density at radius 1 is 1.30 bits per heavy atom. The summed E-state index contributed by atoms with van der Waals surface area (Å²) in [6.07, 6.45) is 0.0286. The Bertz CT molecular complexity index is 666. The van der Waals surface area contributed by atoms with E-state index >= 15 is 0 Å². The lowest BCUT2D eigenvalue weighted by molar-refractivity contribution is 0.0396. The first-order valence-electron chi connectivity index (χ1n) is 7.82. The van der Waals surface area contributed by atoms with Crippen molar-refractivity contribution in [2.24, 2.45) is 0 Å². The maximum absolute atomic E-state index is 5.95. The maximum atomic E-state index is 5.95. The Labute approximate surface area is 141 Å². The van der Waals surface area contributed by atoms with Crippen LogP contribution in [-0.4, -0.2) is 37.0 Å². The lowest BCUT2D eigenvalue weighted by atomic mass is 9.98. The average molecular weight is 333 g/mol. The monoisotopic (exact) mass is 333 g/mol. The van der Waals surface area contributed by atoms with Gasteiger partial charge in [-0.25, -0.2) is 0 Å². The molecule has 124 valence electrons. The standard InChI is InChI=1S/C17H23N3O2S/c1-17(2,3)15-18-19-16(23-15)20-8-9-22-14(11-20)12-6-5-7-13(10-12)21-4/h5-7,10,14H,8-9,11H2,1-4H3. The molecule has 0 N–H and O–H groups in total. The third-order valence-corrected chi connectivity index (χ3v) is 5.27. The molecule has 0 radical (unpaired) electrons. The average Bonchev–Trinajstić information content (AvgIpc) is 3.05. The van der Waals surface area contributed by atoms with Gasteiger partial charge in [-0.2, -0.15) is 0 Å². The molecule has 6 heteroatoms. The van der Waals surface area contributed by atoms with Crippen LogP contribution in [0.5, 0.6) is 5.75 Å². The van der Waals surface area contributed by atoms with Gasteiger partial charge in [0.2, 0.25) is 5.13 Å². The van der Waals surface area contributed by atoms with Crippen molar-refractivity contribution >= 4 is 16.5 Å². The highest BCUT2D eigenvalue weighted by molar-refractivity contribution is 7.15. The van der Waals surface area contributed by atoms with Gasteiger partial charge in [-0.05, 0) is 17.7 Å². The molecule has 0 saturated carbocycles. The third kappa shape index (κ3) is 3.64. The van der Waals surface area contributed by atoms with Crippen LogP contribution in [0.25, 0.3) is 0 Å². The summed E-state index contributed by atoms with van der Waals surface area (Å²) in [6, 6.07) is 8.07. The van der Waals surface area contributed by atoms with E-state index in [0.717, 1.165) is 34.5 Å². The second-order valence-electron chi connectivity index (χ2n) is 6.72. The largest absolute Gasteiger partial charge is 0.497 e. The highest BCUT2D eigenvalue weighted by atomic mass is 32.1. The zero-order valence-electron chi connectivity index (χ0n) is 14.1. The van der Waals surface area contributed by atoms with Crippen LogP contribution < -0.4 is 9.64 Å². The van der Waals surface area contributed by atoms with E-state index < -0.39 is 0 Å². The van der Waals surface area contributed by atoms with Gasteiger partial charge in [0.1, 0.15) is 16.9 Å². The molecule has 0 amide bonds. The summed E-state index contributed by atoms with van der Waals surface area (Å²) in [5.74, 6) is 0.856. The second kappa shape index (κ2) is 6.45. The zero-order valence-corrected chi connectivity index (χ0v) is 14.9. The summed E-state index contributed by atoms with van der Waals surface area (Å²) < 4.78 is 11.3. The number of benzene rings is 1. The molecule has 1 aliphatic heterocycles. The molecule has 3 rings (SSSR count). The van der Waals surface area contributed by atoms with Crippen molar-refractivity contribution in [2.75, 3.05) is 31.7 Å². The van der Waals surface area contributed by atoms with E-state index in [1.54, 1.807) is 18.4 Å². The SMILES string of the molecule is COc1cccc(C2CN(c3nnc(C(C)(C)C)s3)CCO2)c1. The number of aromatic nitrogens is 2. The van der Waals surface area contributed by atoms with Crippen LogP contribution in [0.3, 0.4) is 0 Å². The molecular formula is C17H23N3O2S. The van der Waals surface area contributed by atoms with E-state index in [0.29, 0.717) is 6.61 Å². The molecule has 2 aromatic rings. The molecule has 0 bridgehead atoms. The van der Waals surface area contributed by atoms with Gasteiger partial charge in [0.15, 0.2) is 0 Å². The lowest BCUT2D eigenvalue weighted by Crippen LogP contribution is -2.38. The molecule has 1 fully saturated rings. The van der Waals surface area contributed by atoms with Gasteiger partial charge in [-0.15, -0.1) is 10.2 Å². The number of morpholine rings is 1. The maximum Gasteiger partial charge on any atom is 0.208 e. The normalized spacial score (nSPS) is 19.0. The molecule has 1 aromatic carbocycles. The second-order valence-corrected chi connectivity index (χ2v) is 7.68. The summed E-state index contributed by atoms with van der Waals surface area (Å²) in [7, 11) is 1.68. The van der Waals surface area contributed by atoms with Crippen LogP contribution in [0, 0.1) is 0 Å². The number of hydrogen-bond donors (Lipinski definition) is 0. The predicted octanol–water partition coefficient (Wildman–Crippen LogP) is 3.42. The van der Waals surface area contributed by atoms with Gasteiger partial charge >= 0.3 is 0 Å². The number of hydrogen-bond acceptors (Lipinski definition) is 6. The van der Waals surface area contributed by atoms with E-state index in [2.05, 4.69) is 41.9 Å². The molecule has 0 spiro atoms. The summed E-state index contributed by atoms with van der Waals surface area (Å²) in [6.45, 7) is 8.80. The van der Waals surface area contributed by atoms with Crippen LogP contribution in [0.15, 0.2) is 24.3 Å². The Balaban J connectivity index is 1.76. The van der Waals surface area contributed by atoms with Crippen LogP contribution in [0.1, 0.15) is 37.4 Å². The van der Waals surface area contributed by atoms with E-state index in [1.165, 1.54) is 0 Å². The topological polar surface area (TPSA) is 47.5 Å². The van der Waals surface area contributed by atoms with Crippen molar-refractivity contribution in [1.29, 1.82) is 0 Å². The predicted molar refractivity (Wildman–Crippen MR) is 92.5 cm³/mol. The zero-order chi connectivity index (χ0) is 16.4. The molecule has 1 atom stereocenters. The number of nitrogens with zero attached hydrogens (tertiary/aromatic N) is 3. The highest BCUT2D eigenvalue weighted by Crippen LogP contribution is 2.33. The Kier molecular flexibility index (Phi) is 4.55. The minimum Gasteiger partial charge on any atom is -0.497 e. The van der Waals surface area contributed by atoms with E-state index in [4.69, 9.17) is 9.47 Å². The molecule has 1 saturated heterocycles. The highest BCUT2D eigenvalue weighted by Gasteiger charge is 2.26. The summed E-state index contributed by atoms with van der Waals surface area (Å²) in [5, 5.41) is 10.8. The molecule has 23 heavy (non-hydrogen) atoms. The summed E-state index contributed by atoms with van der Waals surface area (Å²) in [4.78, 5) is 2.26. The third-order valence-electron chi connectivity index (χ3n) is 3.86. The molecule has 5 nitrogen and oxygen atoms in total. The minimum atomic E-state index is 0.0286. The van der Waals surface area contributed by atoms with Crippen molar-refractivity contribution in [3.05, 3.63) is 34.8 Å². The quantitative estimate of drug-likeness (QED) is 0.861. The van der Waals surface area contributed by atoms with Crippen molar-refractivity contribution < 1.29 is 9.47 Å². The fourth-order valence-corrected chi connectivity index (χ4v) is 3.45. The number of rotatable bonds is 3. The van der Waals surface area contributed by atoms with Crippen molar-refractivity contribution in [3.63, 3.8) is 0 Å². The van der Waals surface area contributed by atoms with Crippen molar-refractivity contribution in [2.45, 2.75) is 32.3 Å². The Hall–Kier alpha value is -1.66. The van der Waals surface area contributed by atoms with Crippen LogP contribution in [0.4, 0.5) is 5.13 Å². The van der Waals surface area contributed by atoms with Crippen LogP contribution >= 0.6 is 11.3 Å². The van der Waals surface area contributed by atoms with Gasteiger partial charge in [0.05, 0.1) is 20.3 Å². The van der Waals surface area contributed by atoms with Gasteiger partial charge in [-0.3, -0.25) is 0 Å². The smallest absolute Gasteiger partial charge is 0.208 e. The molecular weight excluding hydrogens is 310 g/mol. The first-order chi connectivity index (χ1) is 11.0. The van der Waals surface area contributed by atoms with Crippen LogP contribution in [0.2, 0.25) is 0 Å². The van der Waals surface area contributed by atoms with Gasteiger partial charge in [0, 0.05) is 12.0 Å². The summed E-state index contributed by atoms with van der Waals surface area (Å²) in [5.41, 5.74) is 1.17. The molecule has 0 aliphatic carbocycles. The summed E-state index contributed by atoms with van der Waals surface area (Å²) >= 11 is 1.67. The number of ether oxygens (including phenoxy) is 2. The van der Waals surface area contributed by atoms with Gasteiger partial charge in [0.25, 0.3) is 0 Å². The van der Waals surface area contributed by atoms with E-state index in [9.17, 15) is 0 Å². The van der Waals surface area contributed by atoms with Crippen molar-refractivity contribution in [1.82, 2.24) is 10.2 Å². The van der Waals surface area contributed by atoms with Crippen LogP contribution in [-0.2, 0) is 10.2 Å². The molecule has 1 unspecified atom stereocenters. The fourth-order valence-electron chi connectivity index (χ4n) is 2.51. The Morgan fingerprint density at radius 3 is 2.83 bits per heavy atom. The molecule has 1 aliphatic rings. The van der Waals surface area contributed by atoms with Gasteiger partial charge in [-0.1, -0.05) is 44.2 Å². The minimum absolute atomic E-state index is 0.0286. The number of methoxy groups -OCH3 is 1. The fraction of sp³-hybridized carbons (Fsp3) is 0.529. The van der Waals surface area contributed by atoms with E-state index in [1.807, 2.05) is 18.2 Å². The molecule has 2 heterocycles. The first-order valence-corrected chi connectivity index (χ1v) is 8.63. The van der Waals surface area contributed by atoms with E-state index in [-0.39, 0.29) is 11.5 Å². The van der Waals surface area contributed by atoms with Crippen molar-refractivity contribution in [3.8, 4) is 5.75 Å². The number of anilines is 1. The molecule has 1 aromatic heterocycles. The Morgan fingerprint density at radius 2 is 2.13 bits per heavy atom. The first kappa shape index (κ1) is 16.2.